The molecule has 0 saturated heterocycles. The maximum atomic E-state index is 5.97. The van der Waals surface area contributed by atoms with Gasteiger partial charge >= 0.3 is 0 Å². The van der Waals surface area contributed by atoms with Crippen LogP contribution in [0.4, 0.5) is 0 Å². The minimum atomic E-state index is 0.939. The molecule has 0 spiro atoms. The second kappa shape index (κ2) is 11.9. The molecule has 0 aliphatic carbocycles. The van der Waals surface area contributed by atoms with Gasteiger partial charge in [0.25, 0.3) is 0 Å². The van der Waals surface area contributed by atoms with Crippen LogP contribution >= 0.6 is 0 Å². The zero-order valence-electron chi connectivity index (χ0n) is 16.2. The van der Waals surface area contributed by atoms with Gasteiger partial charge in [-0.05, 0) is 50.0 Å². The number of hydrogen-bond acceptors (Lipinski definition) is 2. The van der Waals surface area contributed by atoms with Crippen LogP contribution in [0.25, 0.3) is 0 Å². The Morgan fingerprint density at radius 1 is 0.680 bits per heavy atom. The lowest BCUT2D eigenvalue weighted by Crippen LogP contribution is -2.21. The molecule has 1 aromatic heterocycles. The maximum Gasteiger partial charge on any atom is 0.118 e. The smallest absolute Gasteiger partial charge is 0.118 e. The summed E-state index contributed by atoms with van der Waals surface area (Å²) in [7, 11) is 0. The number of unbranched alkanes of at least 4 members (excludes halogenated alkanes) is 5. The minimum Gasteiger partial charge on any atom is -0.465 e. The molecule has 2 rings (SSSR count). The quantitative estimate of drug-likeness (QED) is 0.400. The molecule has 0 unspecified atom stereocenters. The Kier molecular flexibility index (Phi) is 9.43. The number of benzene rings is 1. The Morgan fingerprint density at radius 2 is 1.28 bits per heavy atom. The average Bonchev–Trinajstić information content (AvgIpc) is 3.10. The SMILES string of the molecule is CCN(CC)Cc1ccc(CCCCCCCCc2ccccc2)o1. The molecule has 1 aromatic carbocycles. The van der Waals surface area contributed by atoms with Gasteiger partial charge in [-0.2, -0.15) is 0 Å². The maximum absolute atomic E-state index is 5.97. The number of nitrogens with zero attached hydrogens (tertiary/aromatic N) is 1. The summed E-state index contributed by atoms with van der Waals surface area (Å²) in [6.07, 6.45) is 10.2. The van der Waals surface area contributed by atoms with Crippen LogP contribution in [0.15, 0.2) is 46.9 Å². The normalized spacial score (nSPS) is 11.3. The highest BCUT2D eigenvalue weighted by atomic mass is 16.3. The van der Waals surface area contributed by atoms with Crippen molar-refractivity contribution in [2.45, 2.75) is 71.8 Å². The standard InChI is InChI=1S/C23H35NO/c1-3-24(4-2)20-23-19-18-22(25-23)17-13-8-6-5-7-10-14-21-15-11-9-12-16-21/h9,11-12,15-16,18-19H,3-8,10,13-14,17,20H2,1-2H3. The highest BCUT2D eigenvalue weighted by molar-refractivity contribution is 5.14. The van der Waals surface area contributed by atoms with Gasteiger partial charge in [0, 0.05) is 6.42 Å². The van der Waals surface area contributed by atoms with Crippen molar-refractivity contribution in [3.8, 4) is 0 Å². The van der Waals surface area contributed by atoms with Crippen LogP contribution in [0.2, 0.25) is 0 Å². The van der Waals surface area contributed by atoms with E-state index < -0.39 is 0 Å². The zero-order chi connectivity index (χ0) is 17.7. The molecule has 0 amide bonds. The molecular weight excluding hydrogens is 306 g/mol. The van der Waals surface area contributed by atoms with Gasteiger partial charge in [0.1, 0.15) is 11.5 Å². The first-order chi connectivity index (χ1) is 12.3. The molecule has 138 valence electrons. The Balaban J connectivity index is 1.49. The summed E-state index contributed by atoms with van der Waals surface area (Å²) in [5.74, 6) is 2.27. The zero-order valence-corrected chi connectivity index (χ0v) is 16.2. The Bertz CT molecular complexity index is 556. The summed E-state index contributed by atoms with van der Waals surface area (Å²) < 4.78 is 5.97. The Morgan fingerprint density at radius 3 is 1.96 bits per heavy atom. The fraction of sp³-hybridized carbons (Fsp3) is 0.565. The summed E-state index contributed by atoms with van der Waals surface area (Å²) in [5, 5.41) is 0. The molecule has 0 bridgehead atoms. The molecule has 0 aliphatic heterocycles. The monoisotopic (exact) mass is 341 g/mol. The minimum absolute atomic E-state index is 0.939. The lowest BCUT2D eigenvalue weighted by atomic mass is 10.0. The Hall–Kier alpha value is -1.54. The summed E-state index contributed by atoms with van der Waals surface area (Å²) in [6, 6.07) is 15.1. The van der Waals surface area contributed by atoms with Crippen molar-refractivity contribution in [1.29, 1.82) is 0 Å². The van der Waals surface area contributed by atoms with Crippen LogP contribution in [0.5, 0.6) is 0 Å². The van der Waals surface area contributed by atoms with Gasteiger partial charge in [-0.15, -0.1) is 0 Å². The molecule has 0 N–H and O–H groups in total. The van der Waals surface area contributed by atoms with Gasteiger partial charge in [-0.3, -0.25) is 4.90 Å². The van der Waals surface area contributed by atoms with Crippen LogP contribution < -0.4 is 0 Å². The molecular formula is C23H35NO. The largest absolute Gasteiger partial charge is 0.465 e. The van der Waals surface area contributed by atoms with E-state index in [0.717, 1.165) is 37.6 Å². The van der Waals surface area contributed by atoms with Gasteiger partial charge in [0.05, 0.1) is 6.54 Å². The van der Waals surface area contributed by atoms with Crippen LogP contribution in [-0.4, -0.2) is 18.0 Å². The highest BCUT2D eigenvalue weighted by Crippen LogP contribution is 2.15. The third-order valence-electron chi connectivity index (χ3n) is 4.97. The van der Waals surface area contributed by atoms with Crippen LogP contribution in [0.1, 0.15) is 69.5 Å². The molecule has 0 aliphatic rings. The van der Waals surface area contributed by atoms with E-state index >= 15 is 0 Å². The lowest BCUT2D eigenvalue weighted by molar-refractivity contribution is 0.265. The van der Waals surface area contributed by atoms with E-state index in [2.05, 4.69) is 61.2 Å². The van der Waals surface area contributed by atoms with Gasteiger partial charge in [-0.1, -0.05) is 69.9 Å². The number of furan rings is 1. The first-order valence-electron chi connectivity index (χ1n) is 10.2. The summed E-state index contributed by atoms with van der Waals surface area (Å²) in [5.41, 5.74) is 1.47. The summed E-state index contributed by atoms with van der Waals surface area (Å²) in [6.45, 7) is 7.50. The Labute approximate surface area is 154 Å². The molecule has 0 fully saturated rings. The predicted octanol–water partition coefficient (Wildman–Crippen LogP) is 6.25. The van der Waals surface area contributed by atoms with E-state index in [1.54, 1.807) is 0 Å². The molecule has 0 radical (unpaired) electrons. The van der Waals surface area contributed by atoms with E-state index in [9.17, 15) is 0 Å². The predicted molar refractivity (Wildman–Crippen MR) is 107 cm³/mol. The molecule has 1 heterocycles. The van der Waals surface area contributed by atoms with Crippen molar-refractivity contribution >= 4 is 0 Å². The van der Waals surface area contributed by atoms with E-state index in [4.69, 9.17) is 4.42 Å². The van der Waals surface area contributed by atoms with E-state index in [1.165, 1.54) is 50.5 Å². The first-order valence-corrected chi connectivity index (χ1v) is 10.2. The first kappa shape index (κ1) is 19.8. The van der Waals surface area contributed by atoms with Crippen molar-refractivity contribution in [3.63, 3.8) is 0 Å². The second-order valence-corrected chi connectivity index (χ2v) is 6.94. The molecule has 0 atom stereocenters. The van der Waals surface area contributed by atoms with E-state index in [0.29, 0.717) is 0 Å². The molecule has 25 heavy (non-hydrogen) atoms. The summed E-state index contributed by atoms with van der Waals surface area (Å²) >= 11 is 0. The number of aryl methyl sites for hydroxylation is 2. The van der Waals surface area contributed by atoms with Crippen molar-refractivity contribution < 1.29 is 4.42 Å². The van der Waals surface area contributed by atoms with Crippen molar-refractivity contribution in [3.05, 3.63) is 59.5 Å². The van der Waals surface area contributed by atoms with Crippen molar-refractivity contribution in [2.75, 3.05) is 13.1 Å². The van der Waals surface area contributed by atoms with E-state index in [1.807, 2.05) is 0 Å². The molecule has 2 aromatic rings. The van der Waals surface area contributed by atoms with Gasteiger partial charge in [-0.25, -0.2) is 0 Å². The van der Waals surface area contributed by atoms with Gasteiger partial charge in [0.2, 0.25) is 0 Å². The van der Waals surface area contributed by atoms with Gasteiger partial charge < -0.3 is 4.42 Å². The number of rotatable bonds is 13. The number of hydrogen-bond donors (Lipinski definition) is 0. The fourth-order valence-corrected chi connectivity index (χ4v) is 3.29. The summed E-state index contributed by atoms with van der Waals surface area (Å²) in [4.78, 5) is 2.39. The third-order valence-corrected chi connectivity index (χ3v) is 4.97. The average molecular weight is 342 g/mol. The van der Waals surface area contributed by atoms with Crippen LogP contribution in [0, 0.1) is 0 Å². The second-order valence-electron chi connectivity index (χ2n) is 6.94. The van der Waals surface area contributed by atoms with E-state index in [-0.39, 0.29) is 0 Å². The van der Waals surface area contributed by atoms with Gasteiger partial charge in [0.15, 0.2) is 0 Å². The topological polar surface area (TPSA) is 16.4 Å². The van der Waals surface area contributed by atoms with Crippen molar-refractivity contribution in [2.24, 2.45) is 0 Å². The highest BCUT2D eigenvalue weighted by Gasteiger charge is 2.06. The molecule has 2 nitrogen and oxygen atoms in total. The fourth-order valence-electron chi connectivity index (χ4n) is 3.29. The lowest BCUT2D eigenvalue weighted by Gasteiger charge is -2.15. The van der Waals surface area contributed by atoms with Crippen LogP contribution in [-0.2, 0) is 19.4 Å². The molecule has 0 saturated carbocycles. The van der Waals surface area contributed by atoms with Crippen molar-refractivity contribution in [1.82, 2.24) is 4.90 Å². The molecule has 2 heteroatoms. The van der Waals surface area contributed by atoms with Crippen LogP contribution in [0.3, 0.4) is 0 Å². The third kappa shape index (κ3) is 7.92.